The van der Waals surface area contributed by atoms with E-state index in [0.717, 1.165) is 31.4 Å². The molecule has 0 aromatic carbocycles. The molecule has 0 saturated carbocycles. The molecule has 1 atom stereocenters. The predicted octanol–water partition coefficient (Wildman–Crippen LogP) is 3.04. The molecular weight excluding hydrogens is 224 g/mol. The van der Waals surface area contributed by atoms with Crippen LogP contribution in [0.4, 0.5) is 0 Å². The first-order chi connectivity index (χ1) is 8.65. The van der Waals surface area contributed by atoms with Gasteiger partial charge in [-0.25, -0.2) is 0 Å². The maximum absolute atomic E-state index is 12.4. The molecule has 0 unspecified atom stereocenters. The molecule has 1 aliphatic rings. The smallest absolute Gasteiger partial charge is 0.249 e. The van der Waals surface area contributed by atoms with Gasteiger partial charge in [0.1, 0.15) is 0 Å². The van der Waals surface area contributed by atoms with E-state index in [1.165, 1.54) is 5.69 Å². The minimum atomic E-state index is 0.195. The Morgan fingerprint density at radius 3 is 2.94 bits per heavy atom. The van der Waals surface area contributed by atoms with Crippen LogP contribution in [0.1, 0.15) is 44.8 Å². The van der Waals surface area contributed by atoms with Crippen LogP contribution >= 0.6 is 0 Å². The molecule has 2 rings (SSSR count). The van der Waals surface area contributed by atoms with Gasteiger partial charge in [-0.1, -0.05) is 13.0 Å². The fourth-order valence-electron chi connectivity index (χ4n) is 2.76. The molecule has 3 nitrogen and oxygen atoms in total. The van der Waals surface area contributed by atoms with E-state index in [0.29, 0.717) is 0 Å². The summed E-state index contributed by atoms with van der Waals surface area (Å²) < 4.78 is 2.12. The second-order valence-electron chi connectivity index (χ2n) is 5.00. The molecule has 0 spiro atoms. The van der Waals surface area contributed by atoms with Gasteiger partial charge in [0.05, 0.1) is 6.04 Å². The number of allylic oxidation sites excluding steroid dienone is 1. The van der Waals surface area contributed by atoms with Crippen LogP contribution in [-0.2, 0) is 11.8 Å². The van der Waals surface area contributed by atoms with Crippen molar-refractivity contribution in [1.82, 2.24) is 9.47 Å². The Hall–Kier alpha value is -1.51. The standard InChI is InChI=1S/C15H22N2O/c1-4-7-12(2)15(18)17-11-6-9-14(17)13-8-5-10-16(13)3/h5,7-8,10,14H,4,6,9,11H2,1-3H3/b12-7+/t14-/m1/s1. The van der Waals surface area contributed by atoms with Gasteiger partial charge in [0.25, 0.3) is 0 Å². The molecule has 0 aliphatic carbocycles. The Labute approximate surface area is 109 Å². The van der Waals surface area contributed by atoms with Gasteiger partial charge in [-0.15, -0.1) is 0 Å². The molecular formula is C15H22N2O. The highest BCUT2D eigenvalue weighted by atomic mass is 16.2. The van der Waals surface area contributed by atoms with Crippen molar-refractivity contribution in [3.8, 4) is 0 Å². The average molecular weight is 246 g/mol. The third-order valence-corrected chi connectivity index (χ3v) is 3.69. The van der Waals surface area contributed by atoms with Gasteiger partial charge in [0, 0.05) is 31.1 Å². The number of carbonyl (C=O) groups is 1. The minimum Gasteiger partial charge on any atom is -0.353 e. The number of nitrogens with zero attached hydrogens (tertiary/aromatic N) is 2. The van der Waals surface area contributed by atoms with Crippen molar-refractivity contribution < 1.29 is 4.79 Å². The Bertz CT molecular complexity index is 459. The van der Waals surface area contributed by atoms with Crippen molar-refractivity contribution >= 4 is 5.91 Å². The van der Waals surface area contributed by atoms with Crippen molar-refractivity contribution in [1.29, 1.82) is 0 Å². The Kier molecular flexibility index (Phi) is 3.90. The molecule has 1 saturated heterocycles. The van der Waals surface area contributed by atoms with Crippen LogP contribution in [0.5, 0.6) is 0 Å². The van der Waals surface area contributed by atoms with Crippen LogP contribution in [-0.4, -0.2) is 21.9 Å². The first-order valence-corrected chi connectivity index (χ1v) is 6.74. The van der Waals surface area contributed by atoms with Crippen molar-refractivity contribution in [3.05, 3.63) is 35.7 Å². The van der Waals surface area contributed by atoms with Crippen LogP contribution < -0.4 is 0 Å². The van der Waals surface area contributed by atoms with E-state index in [2.05, 4.69) is 17.6 Å². The summed E-state index contributed by atoms with van der Waals surface area (Å²) in [5.74, 6) is 0.195. The lowest BCUT2D eigenvalue weighted by molar-refractivity contribution is -0.128. The highest BCUT2D eigenvalue weighted by Gasteiger charge is 2.31. The minimum absolute atomic E-state index is 0.195. The molecule has 0 N–H and O–H groups in total. The lowest BCUT2D eigenvalue weighted by atomic mass is 10.1. The summed E-state index contributed by atoms with van der Waals surface area (Å²) in [7, 11) is 2.05. The number of carbonyl (C=O) groups excluding carboxylic acids is 1. The van der Waals surface area contributed by atoms with E-state index in [9.17, 15) is 4.79 Å². The van der Waals surface area contributed by atoms with Gasteiger partial charge < -0.3 is 9.47 Å². The van der Waals surface area contributed by atoms with Crippen molar-refractivity contribution in [3.63, 3.8) is 0 Å². The van der Waals surface area contributed by atoms with Gasteiger partial charge in [0.15, 0.2) is 0 Å². The van der Waals surface area contributed by atoms with Crippen LogP contribution in [0.3, 0.4) is 0 Å². The van der Waals surface area contributed by atoms with Gasteiger partial charge in [0.2, 0.25) is 5.91 Å². The van der Waals surface area contributed by atoms with Crippen LogP contribution in [0, 0.1) is 0 Å². The van der Waals surface area contributed by atoms with Crippen molar-refractivity contribution in [2.75, 3.05) is 6.54 Å². The predicted molar refractivity (Wildman–Crippen MR) is 73.1 cm³/mol. The van der Waals surface area contributed by atoms with Crippen LogP contribution in [0.15, 0.2) is 30.0 Å². The summed E-state index contributed by atoms with van der Waals surface area (Å²) in [6.45, 7) is 4.87. The third kappa shape index (κ3) is 2.35. The molecule has 1 fully saturated rings. The topological polar surface area (TPSA) is 25.2 Å². The number of hydrogen-bond acceptors (Lipinski definition) is 1. The molecule has 1 aliphatic heterocycles. The summed E-state index contributed by atoms with van der Waals surface area (Å²) in [4.78, 5) is 14.4. The van der Waals surface area contributed by atoms with Crippen LogP contribution in [0.2, 0.25) is 0 Å². The normalized spacial score (nSPS) is 20.5. The number of amides is 1. The maximum Gasteiger partial charge on any atom is 0.249 e. The Balaban J connectivity index is 2.21. The zero-order chi connectivity index (χ0) is 13.1. The molecule has 3 heteroatoms. The number of hydrogen-bond donors (Lipinski definition) is 0. The number of likely N-dealkylation sites (tertiary alicyclic amines) is 1. The Morgan fingerprint density at radius 2 is 2.33 bits per heavy atom. The summed E-state index contributed by atoms with van der Waals surface area (Å²) in [6, 6.07) is 4.41. The van der Waals surface area contributed by atoms with Gasteiger partial charge in [-0.2, -0.15) is 0 Å². The van der Waals surface area contributed by atoms with E-state index in [4.69, 9.17) is 0 Å². The van der Waals surface area contributed by atoms with Crippen LogP contribution in [0.25, 0.3) is 0 Å². The quantitative estimate of drug-likeness (QED) is 0.752. The lowest BCUT2D eigenvalue weighted by Crippen LogP contribution is -2.31. The molecule has 1 aromatic heterocycles. The van der Waals surface area contributed by atoms with Gasteiger partial charge in [-0.3, -0.25) is 4.79 Å². The third-order valence-electron chi connectivity index (χ3n) is 3.69. The summed E-state index contributed by atoms with van der Waals surface area (Å²) in [5.41, 5.74) is 2.11. The fourth-order valence-corrected chi connectivity index (χ4v) is 2.76. The first-order valence-electron chi connectivity index (χ1n) is 6.74. The molecule has 98 valence electrons. The van der Waals surface area contributed by atoms with E-state index in [1.807, 2.05) is 37.2 Å². The monoisotopic (exact) mass is 246 g/mol. The van der Waals surface area contributed by atoms with E-state index in [1.54, 1.807) is 0 Å². The maximum atomic E-state index is 12.4. The van der Waals surface area contributed by atoms with E-state index in [-0.39, 0.29) is 11.9 Å². The molecule has 2 heterocycles. The van der Waals surface area contributed by atoms with Crippen molar-refractivity contribution in [2.45, 2.75) is 39.2 Å². The molecule has 1 amide bonds. The highest BCUT2D eigenvalue weighted by Crippen LogP contribution is 2.32. The molecule has 0 bridgehead atoms. The molecule has 18 heavy (non-hydrogen) atoms. The second kappa shape index (κ2) is 5.42. The summed E-state index contributed by atoms with van der Waals surface area (Å²) in [6.07, 6.45) is 7.15. The summed E-state index contributed by atoms with van der Waals surface area (Å²) >= 11 is 0. The first kappa shape index (κ1) is 12.9. The van der Waals surface area contributed by atoms with E-state index < -0.39 is 0 Å². The zero-order valence-electron chi connectivity index (χ0n) is 11.5. The summed E-state index contributed by atoms with van der Waals surface area (Å²) in [5, 5.41) is 0. The van der Waals surface area contributed by atoms with Gasteiger partial charge in [-0.05, 0) is 38.3 Å². The lowest BCUT2D eigenvalue weighted by Gasteiger charge is -2.25. The highest BCUT2D eigenvalue weighted by molar-refractivity contribution is 5.93. The zero-order valence-corrected chi connectivity index (χ0v) is 11.5. The SMILES string of the molecule is CC/C=C(\C)C(=O)N1CCC[C@@H]1c1cccn1C. The second-order valence-corrected chi connectivity index (χ2v) is 5.00. The average Bonchev–Trinajstić information content (AvgIpc) is 2.96. The number of aryl methyl sites for hydroxylation is 1. The van der Waals surface area contributed by atoms with E-state index >= 15 is 0 Å². The molecule has 1 aromatic rings. The number of aromatic nitrogens is 1. The Morgan fingerprint density at radius 1 is 1.56 bits per heavy atom. The van der Waals surface area contributed by atoms with Gasteiger partial charge >= 0.3 is 0 Å². The fraction of sp³-hybridized carbons (Fsp3) is 0.533. The molecule has 0 radical (unpaired) electrons. The largest absolute Gasteiger partial charge is 0.353 e. The van der Waals surface area contributed by atoms with Crippen molar-refractivity contribution in [2.24, 2.45) is 7.05 Å². The number of rotatable bonds is 3.